The van der Waals surface area contributed by atoms with Crippen LogP contribution in [0.3, 0.4) is 0 Å². The predicted molar refractivity (Wildman–Crippen MR) is 70.8 cm³/mol. The number of hydrogen-bond acceptors (Lipinski definition) is 3. The molecule has 1 rings (SSSR count). The van der Waals surface area contributed by atoms with E-state index >= 15 is 0 Å². The summed E-state index contributed by atoms with van der Waals surface area (Å²) in [5.74, 6) is -0.609. The van der Waals surface area contributed by atoms with Gasteiger partial charge in [0.05, 0.1) is 6.10 Å². The molecule has 0 bridgehead atoms. The first-order valence-corrected chi connectivity index (χ1v) is 6.77. The minimum atomic E-state index is -0.600. The Morgan fingerprint density at radius 1 is 1.33 bits per heavy atom. The normalized spacial score (nSPS) is 13.7. The highest BCUT2D eigenvalue weighted by molar-refractivity contribution is 7.99. The van der Waals surface area contributed by atoms with Crippen molar-refractivity contribution in [1.82, 2.24) is 5.32 Å². The Kier molecular flexibility index (Phi) is 5.56. The zero-order valence-corrected chi connectivity index (χ0v) is 11.7. The molecule has 0 aromatic heterocycles. The van der Waals surface area contributed by atoms with Crippen LogP contribution in [0.2, 0.25) is 0 Å². The number of benzene rings is 1. The van der Waals surface area contributed by atoms with E-state index < -0.39 is 17.7 Å². The molecule has 1 aromatic rings. The number of nitrogens with one attached hydrogen (secondary N) is 1. The van der Waals surface area contributed by atoms with Crippen LogP contribution >= 0.6 is 11.8 Å². The molecule has 0 heterocycles. The van der Waals surface area contributed by atoms with E-state index in [1.54, 1.807) is 0 Å². The van der Waals surface area contributed by atoms with E-state index in [0.717, 1.165) is 30.0 Å². The maximum absolute atomic E-state index is 13.3. The Morgan fingerprint density at radius 2 is 2.00 bits per heavy atom. The Hall–Kier alpha value is -0.650. The lowest BCUT2D eigenvalue weighted by Gasteiger charge is -2.22. The molecule has 0 amide bonds. The molecule has 18 heavy (non-hydrogen) atoms. The number of rotatable bonds is 5. The van der Waals surface area contributed by atoms with Crippen molar-refractivity contribution < 1.29 is 13.9 Å². The van der Waals surface area contributed by atoms with Gasteiger partial charge in [-0.1, -0.05) is 0 Å². The first-order valence-electron chi connectivity index (χ1n) is 5.79. The van der Waals surface area contributed by atoms with Gasteiger partial charge in [-0.25, -0.2) is 8.78 Å². The number of aliphatic hydroxyl groups excluding tert-OH is 1. The Bertz CT molecular complexity index is 393. The summed E-state index contributed by atoms with van der Waals surface area (Å²) in [6.07, 6.45) is -0.600. The highest BCUT2D eigenvalue weighted by atomic mass is 32.2. The molecule has 0 fully saturated rings. The van der Waals surface area contributed by atoms with E-state index in [-0.39, 0.29) is 10.4 Å². The summed E-state index contributed by atoms with van der Waals surface area (Å²) >= 11 is 1.11. The third-order valence-electron chi connectivity index (χ3n) is 2.19. The Morgan fingerprint density at radius 3 is 2.61 bits per heavy atom. The molecule has 0 radical (unpaired) electrons. The molecule has 0 aliphatic rings. The summed E-state index contributed by atoms with van der Waals surface area (Å²) in [5.41, 5.74) is -0.0737. The third kappa shape index (κ3) is 5.80. The average Bonchev–Trinajstić information content (AvgIpc) is 2.26. The van der Waals surface area contributed by atoms with E-state index in [1.807, 2.05) is 20.8 Å². The molecule has 0 aliphatic heterocycles. The fourth-order valence-electron chi connectivity index (χ4n) is 1.26. The van der Waals surface area contributed by atoms with Gasteiger partial charge >= 0.3 is 0 Å². The summed E-state index contributed by atoms with van der Waals surface area (Å²) in [7, 11) is 0. The van der Waals surface area contributed by atoms with Crippen molar-refractivity contribution in [1.29, 1.82) is 0 Å². The monoisotopic (exact) mass is 275 g/mol. The molecule has 0 aliphatic carbocycles. The molecule has 0 saturated heterocycles. The van der Waals surface area contributed by atoms with E-state index in [9.17, 15) is 13.9 Å². The number of thioether (sulfide) groups is 1. The van der Waals surface area contributed by atoms with Gasteiger partial charge < -0.3 is 10.4 Å². The van der Waals surface area contributed by atoms with E-state index in [1.165, 1.54) is 0 Å². The zero-order valence-electron chi connectivity index (χ0n) is 10.8. The fourth-order valence-corrected chi connectivity index (χ4v) is 2.15. The minimum Gasteiger partial charge on any atom is -0.391 e. The average molecular weight is 275 g/mol. The minimum absolute atomic E-state index is 0.0737. The second-order valence-corrected chi connectivity index (χ2v) is 6.23. The van der Waals surface area contributed by atoms with Crippen molar-refractivity contribution in [3.63, 3.8) is 0 Å². The van der Waals surface area contributed by atoms with Gasteiger partial charge in [0.1, 0.15) is 11.6 Å². The Balaban J connectivity index is 2.42. The van der Waals surface area contributed by atoms with Gasteiger partial charge in [-0.2, -0.15) is 0 Å². The van der Waals surface area contributed by atoms with Crippen LogP contribution in [0.1, 0.15) is 20.8 Å². The van der Waals surface area contributed by atoms with Crippen molar-refractivity contribution in [3.8, 4) is 0 Å². The first-order chi connectivity index (χ1) is 8.28. The maximum atomic E-state index is 13.3. The molecule has 2 N–H and O–H groups in total. The molecule has 0 saturated carbocycles. The summed E-state index contributed by atoms with van der Waals surface area (Å²) in [5, 5.41) is 12.9. The van der Waals surface area contributed by atoms with Crippen molar-refractivity contribution >= 4 is 11.8 Å². The zero-order chi connectivity index (χ0) is 13.8. The summed E-state index contributed by atoms with van der Waals surface area (Å²) in [4.78, 5) is 0.227. The smallest absolute Gasteiger partial charge is 0.136 e. The topological polar surface area (TPSA) is 32.3 Å². The highest BCUT2D eigenvalue weighted by Gasteiger charge is 2.13. The summed E-state index contributed by atoms with van der Waals surface area (Å²) in [6.45, 7) is 6.42. The van der Waals surface area contributed by atoms with Crippen LogP contribution < -0.4 is 5.32 Å². The number of halogens is 2. The summed E-state index contributed by atoms with van der Waals surface area (Å²) < 4.78 is 26.2. The van der Waals surface area contributed by atoms with Crippen LogP contribution in [-0.4, -0.2) is 29.0 Å². The van der Waals surface area contributed by atoms with Gasteiger partial charge in [0.25, 0.3) is 0 Å². The second kappa shape index (κ2) is 6.50. The van der Waals surface area contributed by atoms with Crippen LogP contribution in [0.15, 0.2) is 23.1 Å². The lowest BCUT2D eigenvalue weighted by atomic mass is 10.1. The van der Waals surface area contributed by atoms with Gasteiger partial charge in [-0.15, -0.1) is 11.8 Å². The largest absolute Gasteiger partial charge is 0.391 e. The van der Waals surface area contributed by atoms with Crippen molar-refractivity contribution in [2.45, 2.75) is 37.3 Å². The van der Waals surface area contributed by atoms with Crippen LogP contribution in [0.4, 0.5) is 8.78 Å². The molecular formula is C13H19F2NOS. The molecule has 0 spiro atoms. The molecular weight excluding hydrogens is 256 g/mol. The number of hydrogen-bond donors (Lipinski definition) is 2. The van der Waals surface area contributed by atoms with Gasteiger partial charge in [-0.05, 0) is 39.0 Å². The van der Waals surface area contributed by atoms with E-state index in [4.69, 9.17) is 0 Å². The van der Waals surface area contributed by atoms with Crippen LogP contribution in [0.5, 0.6) is 0 Å². The lowest BCUT2D eigenvalue weighted by molar-refractivity contribution is 0.183. The van der Waals surface area contributed by atoms with Crippen molar-refractivity contribution in [2.24, 2.45) is 0 Å². The number of β-amino-alcohol motifs (C(OH)–C–C–N with tert-alkyl or cyclic N) is 1. The van der Waals surface area contributed by atoms with Gasteiger partial charge in [0, 0.05) is 22.7 Å². The second-order valence-electron chi connectivity index (χ2n) is 5.17. The van der Waals surface area contributed by atoms with Gasteiger partial charge in [0.15, 0.2) is 0 Å². The quantitative estimate of drug-likeness (QED) is 0.811. The lowest BCUT2D eigenvalue weighted by Crippen LogP contribution is -2.41. The molecule has 1 atom stereocenters. The highest BCUT2D eigenvalue weighted by Crippen LogP contribution is 2.23. The fraction of sp³-hybridized carbons (Fsp3) is 0.538. The third-order valence-corrected chi connectivity index (χ3v) is 3.37. The van der Waals surface area contributed by atoms with E-state index in [0.29, 0.717) is 12.3 Å². The van der Waals surface area contributed by atoms with Gasteiger partial charge in [-0.3, -0.25) is 0 Å². The van der Waals surface area contributed by atoms with Crippen molar-refractivity contribution in [3.05, 3.63) is 29.8 Å². The van der Waals surface area contributed by atoms with Gasteiger partial charge in [0.2, 0.25) is 0 Å². The molecule has 1 aromatic carbocycles. The molecule has 1 unspecified atom stereocenters. The predicted octanol–water partition coefficient (Wildman–Crippen LogP) is 2.81. The first kappa shape index (κ1) is 15.4. The maximum Gasteiger partial charge on any atom is 0.136 e. The number of aliphatic hydroxyl groups is 1. The van der Waals surface area contributed by atoms with Crippen LogP contribution in [0.25, 0.3) is 0 Å². The SMILES string of the molecule is CC(C)(C)NCC(O)CSc1cc(F)ccc1F. The molecule has 2 nitrogen and oxygen atoms in total. The molecule has 5 heteroatoms. The van der Waals surface area contributed by atoms with E-state index in [2.05, 4.69) is 5.32 Å². The van der Waals surface area contributed by atoms with Crippen LogP contribution in [0, 0.1) is 11.6 Å². The summed E-state index contributed by atoms with van der Waals surface area (Å²) in [6, 6.07) is 3.32. The van der Waals surface area contributed by atoms with Crippen molar-refractivity contribution in [2.75, 3.05) is 12.3 Å². The van der Waals surface area contributed by atoms with Crippen LogP contribution in [-0.2, 0) is 0 Å². The standard InChI is InChI=1S/C13H19F2NOS/c1-13(2,3)16-7-10(17)8-18-12-6-9(14)4-5-11(12)15/h4-6,10,16-17H,7-8H2,1-3H3. The Labute approximate surface area is 111 Å². The molecule has 102 valence electrons.